The molecule has 0 amide bonds. The van der Waals surface area contributed by atoms with Crippen LogP contribution in [-0.4, -0.2) is 46.1 Å². The van der Waals surface area contributed by atoms with E-state index >= 15 is 0 Å². The number of piperazine rings is 1. The van der Waals surface area contributed by atoms with E-state index < -0.39 is 0 Å². The zero-order valence-electron chi connectivity index (χ0n) is 14.3. The summed E-state index contributed by atoms with van der Waals surface area (Å²) in [6.07, 6.45) is 0.820. The smallest absolute Gasteiger partial charge is 0.243 e. The molecule has 1 aliphatic rings. The van der Waals surface area contributed by atoms with Gasteiger partial charge >= 0.3 is 0 Å². The minimum atomic E-state index is 0.198. The summed E-state index contributed by atoms with van der Waals surface area (Å²) >= 11 is 0. The summed E-state index contributed by atoms with van der Waals surface area (Å²) in [5.74, 6) is 1.54. The molecular formula is C18H26N4O. The van der Waals surface area contributed by atoms with Gasteiger partial charge in [-0.3, -0.25) is 9.80 Å². The lowest BCUT2D eigenvalue weighted by molar-refractivity contribution is 0.0845. The summed E-state index contributed by atoms with van der Waals surface area (Å²) < 4.78 is 5.39. The first-order valence-corrected chi connectivity index (χ1v) is 8.50. The van der Waals surface area contributed by atoms with E-state index in [4.69, 9.17) is 4.52 Å². The second-order valence-electron chi connectivity index (χ2n) is 6.38. The molecule has 0 bridgehead atoms. The summed E-state index contributed by atoms with van der Waals surface area (Å²) in [5.41, 5.74) is 2.73. The number of hydrogen-bond acceptors (Lipinski definition) is 5. The van der Waals surface area contributed by atoms with Gasteiger partial charge in [0, 0.05) is 39.1 Å². The van der Waals surface area contributed by atoms with Gasteiger partial charge in [0.2, 0.25) is 5.89 Å². The lowest BCUT2D eigenvalue weighted by Crippen LogP contribution is -2.46. The normalized spacial score (nSPS) is 18.2. The fraction of sp³-hybridized carbons (Fsp3) is 0.556. The van der Waals surface area contributed by atoms with Crippen LogP contribution in [0.25, 0.3) is 0 Å². The van der Waals surface area contributed by atoms with Crippen LogP contribution in [-0.2, 0) is 13.0 Å². The molecule has 1 fully saturated rings. The van der Waals surface area contributed by atoms with Gasteiger partial charge in [0.15, 0.2) is 5.82 Å². The fourth-order valence-electron chi connectivity index (χ4n) is 3.11. The Kier molecular flexibility index (Phi) is 5.08. The van der Waals surface area contributed by atoms with Crippen LogP contribution in [0.3, 0.4) is 0 Å². The summed E-state index contributed by atoms with van der Waals surface area (Å²) in [6, 6.07) is 8.98. The van der Waals surface area contributed by atoms with Gasteiger partial charge in [-0.25, -0.2) is 0 Å². The lowest BCUT2D eigenvalue weighted by atomic mass is 10.1. The summed E-state index contributed by atoms with van der Waals surface area (Å²) in [5, 5.41) is 4.01. The topological polar surface area (TPSA) is 45.4 Å². The Labute approximate surface area is 138 Å². The van der Waals surface area contributed by atoms with Crippen LogP contribution in [0.2, 0.25) is 0 Å². The molecule has 0 spiro atoms. The first kappa shape index (κ1) is 16.1. The molecule has 3 rings (SSSR count). The van der Waals surface area contributed by atoms with Crippen molar-refractivity contribution in [2.24, 2.45) is 0 Å². The van der Waals surface area contributed by atoms with Gasteiger partial charge < -0.3 is 4.52 Å². The molecule has 0 saturated carbocycles. The van der Waals surface area contributed by atoms with E-state index in [9.17, 15) is 0 Å². The third-order valence-electron chi connectivity index (χ3n) is 4.60. The van der Waals surface area contributed by atoms with E-state index in [2.05, 4.69) is 58.1 Å². The summed E-state index contributed by atoms with van der Waals surface area (Å²) in [6.45, 7) is 11.6. The second kappa shape index (κ2) is 7.23. The number of benzene rings is 1. The van der Waals surface area contributed by atoms with Crippen molar-refractivity contribution in [3.8, 4) is 0 Å². The number of hydrogen-bond donors (Lipinski definition) is 0. The highest BCUT2D eigenvalue weighted by atomic mass is 16.5. The van der Waals surface area contributed by atoms with Crippen molar-refractivity contribution in [1.82, 2.24) is 19.9 Å². The third-order valence-corrected chi connectivity index (χ3v) is 4.60. The van der Waals surface area contributed by atoms with Gasteiger partial charge in [-0.1, -0.05) is 41.9 Å². The van der Waals surface area contributed by atoms with Crippen molar-refractivity contribution in [2.75, 3.05) is 26.2 Å². The first-order chi connectivity index (χ1) is 11.2. The standard InChI is InChI=1S/C18H26N4O/c1-4-17-19-18(23-20-17)15(3)22-10-8-21(9-11-22)13-16-7-5-6-14(2)12-16/h5-7,12,15H,4,8-11,13H2,1-3H3/t15-/m1/s1. The maximum atomic E-state index is 5.39. The molecule has 23 heavy (non-hydrogen) atoms. The molecule has 5 heteroatoms. The van der Waals surface area contributed by atoms with E-state index in [1.807, 2.05) is 6.92 Å². The van der Waals surface area contributed by atoms with Crippen LogP contribution in [0, 0.1) is 6.92 Å². The largest absolute Gasteiger partial charge is 0.338 e. The third kappa shape index (κ3) is 3.98. The molecule has 1 aliphatic heterocycles. The maximum Gasteiger partial charge on any atom is 0.243 e. The number of aromatic nitrogens is 2. The highest BCUT2D eigenvalue weighted by molar-refractivity contribution is 5.22. The van der Waals surface area contributed by atoms with Gasteiger partial charge in [-0.15, -0.1) is 0 Å². The SMILES string of the molecule is CCc1noc([C@@H](C)N2CCN(Cc3cccc(C)c3)CC2)n1. The van der Waals surface area contributed by atoms with E-state index in [-0.39, 0.29) is 6.04 Å². The van der Waals surface area contributed by atoms with Crippen LogP contribution in [0.15, 0.2) is 28.8 Å². The van der Waals surface area contributed by atoms with Crippen LogP contribution >= 0.6 is 0 Å². The fourth-order valence-corrected chi connectivity index (χ4v) is 3.11. The molecular weight excluding hydrogens is 288 g/mol. The average molecular weight is 314 g/mol. The lowest BCUT2D eigenvalue weighted by Gasteiger charge is -2.36. The Hall–Kier alpha value is -1.72. The summed E-state index contributed by atoms with van der Waals surface area (Å²) in [7, 11) is 0. The molecule has 124 valence electrons. The van der Waals surface area contributed by atoms with Crippen molar-refractivity contribution in [3.63, 3.8) is 0 Å². The van der Waals surface area contributed by atoms with E-state index in [0.717, 1.165) is 50.9 Å². The zero-order chi connectivity index (χ0) is 16.2. The van der Waals surface area contributed by atoms with Crippen LogP contribution < -0.4 is 0 Å². The monoisotopic (exact) mass is 314 g/mol. The molecule has 1 aromatic heterocycles. The van der Waals surface area contributed by atoms with E-state index in [1.165, 1.54) is 11.1 Å². The Morgan fingerprint density at radius 1 is 1.22 bits per heavy atom. The molecule has 2 heterocycles. The van der Waals surface area contributed by atoms with Gasteiger partial charge in [-0.2, -0.15) is 4.98 Å². The van der Waals surface area contributed by atoms with Gasteiger partial charge in [0.05, 0.1) is 6.04 Å². The Morgan fingerprint density at radius 2 is 2.00 bits per heavy atom. The van der Waals surface area contributed by atoms with E-state index in [0.29, 0.717) is 0 Å². The van der Waals surface area contributed by atoms with Crippen LogP contribution in [0.5, 0.6) is 0 Å². The van der Waals surface area contributed by atoms with Gasteiger partial charge in [0.25, 0.3) is 0 Å². The van der Waals surface area contributed by atoms with Crippen LogP contribution in [0.1, 0.15) is 42.7 Å². The number of aryl methyl sites for hydroxylation is 2. The van der Waals surface area contributed by atoms with Crippen LogP contribution in [0.4, 0.5) is 0 Å². The second-order valence-corrected chi connectivity index (χ2v) is 6.38. The molecule has 5 nitrogen and oxygen atoms in total. The molecule has 1 aromatic carbocycles. The highest BCUT2D eigenvalue weighted by Crippen LogP contribution is 2.21. The van der Waals surface area contributed by atoms with Crippen molar-refractivity contribution in [3.05, 3.63) is 47.1 Å². The molecule has 0 radical (unpaired) electrons. The molecule has 0 unspecified atom stereocenters. The van der Waals surface area contributed by atoms with Gasteiger partial charge in [-0.05, 0) is 19.4 Å². The molecule has 1 atom stereocenters. The first-order valence-electron chi connectivity index (χ1n) is 8.50. The summed E-state index contributed by atoms with van der Waals surface area (Å²) in [4.78, 5) is 9.41. The van der Waals surface area contributed by atoms with Crippen molar-refractivity contribution >= 4 is 0 Å². The quantitative estimate of drug-likeness (QED) is 0.849. The van der Waals surface area contributed by atoms with Gasteiger partial charge in [0.1, 0.15) is 0 Å². The zero-order valence-corrected chi connectivity index (χ0v) is 14.3. The Bertz CT molecular complexity index is 631. The minimum Gasteiger partial charge on any atom is -0.338 e. The predicted octanol–water partition coefficient (Wildman–Crippen LogP) is 2.82. The van der Waals surface area contributed by atoms with Crippen molar-refractivity contribution in [1.29, 1.82) is 0 Å². The van der Waals surface area contributed by atoms with E-state index in [1.54, 1.807) is 0 Å². The highest BCUT2D eigenvalue weighted by Gasteiger charge is 2.25. The average Bonchev–Trinajstić information content (AvgIpc) is 3.04. The van der Waals surface area contributed by atoms with Crippen molar-refractivity contribution < 1.29 is 4.52 Å². The predicted molar refractivity (Wildman–Crippen MR) is 90.1 cm³/mol. The minimum absolute atomic E-state index is 0.198. The maximum absolute atomic E-state index is 5.39. The molecule has 0 aliphatic carbocycles. The molecule has 2 aromatic rings. The Morgan fingerprint density at radius 3 is 2.65 bits per heavy atom. The molecule has 0 N–H and O–H groups in total. The van der Waals surface area contributed by atoms with Crippen molar-refractivity contribution in [2.45, 2.75) is 39.8 Å². The molecule has 1 saturated heterocycles. The number of rotatable bonds is 5. The number of nitrogens with zero attached hydrogens (tertiary/aromatic N) is 4. The Balaban J connectivity index is 1.53.